The van der Waals surface area contributed by atoms with E-state index in [2.05, 4.69) is 37.3 Å². The second-order valence-electron chi connectivity index (χ2n) is 4.85. The van der Waals surface area contributed by atoms with Gasteiger partial charge in [0.25, 0.3) is 0 Å². The lowest BCUT2D eigenvalue weighted by atomic mass is 9.74. The Morgan fingerprint density at radius 2 is 1.80 bits per heavy atom. The van der Waals surface area contributed by atoms with Crippen LogP contribution in [-0.4, -0.2) is 0 Å². The summed E-state index contributed by atoms with van der Waals surface area (Å²) in [6, 6.07) is 11.1. The first-order chi connectivity index (χ1) is 7.42. The maximum atomic E-state index is 2.32. The molecule has 1 saturated carbocycles. The van der Waals surface area contributed by atoms with Crippen LogP contribution in [0.4, 0.5) is 0 Å². The summed E-state index contributed by atoms with van der Waals surface area (Å²) in [6.45, 7) is 2.32. The Morgan fingerprint density at radius 3 is 2.53 bits per heavy atom. The van der Waals surface area contributed by atoms with E-state index in [1.165, 1.54) is 38.5 Å². The van der Waals surface area contributed by atoms with E-state index < -0.39 is 0 Å². The van der Waals surface area contributed by atoms with Crippen LogP contribution in [0.15, 0.2) is 30.3 Å². The van der Waals surface area contributed by atoms with Gasteiger partial charge in [0.1, 0.15) is 0 Å². The smallest absolute Gasteiger partial charge is 0.0134 e. The van der Waals surface area contributed by atoms with Gasteiger partial charge in [-0.15, -0.1) is 0 Å². The summed E-state index contributed by atoms with van der Waals surface area (Å²) in [4.78, 5) is 0. The minimum Gasteiger partial charge on any atom is -0.0654 e. The van der Waals surface area contributed by atoms with Crippen LogP contribution in [0.3, 0.4) is 0 Å². The van der Waals surface area contributed by atoms with Crippen molar-refractivity contribution in [2.24, 2.45) is 5.92 Å². The first kappa shape index (κ1) is 10.7. The molecule has 0 amide bonds. The third-order valence-corrected chi connectivity index (χ3v) is 3.80. The van der Waals surface area contributed by atoms with Gasteiger partial charge >= 0.3 is 0 Å². The molecule has 0 N–H and O–H groups in total. The summed E-state index contributed by atoms with van der Waals surface area (Å²) < 4.78 is 0. The third kappa shape index (κ3) is 2.62. The second-order valence-corrected chi connectivity index (χ2v) is 4.85. The lowest BCUT2D eigenvalue weighted by molar-refractivity contribution is 0.288. The van der Waals surface area contributed by atoms with Crippen LogP contribution in [0.1, 0.15) is 56.9 Å². The molecule has 1 aromatic rings. The Balaban J connectivity index is 2.11. The summed E-state index contributed by atoms with van der Waals surface area (Å²) in [5, 5.41) is 0. The molecule has 2 unspecified atom stereocenters. The zero-order chi connectivity index (χ0) is 10.5. The largest absolute Gasteiger partial charge is 0.0654 e. The molecule has 82 valence electrons. The minimum atomic E-state index is 0.847. The van der Waals surface area contributed by atoms with Crippen molar-refractivity contribution in [2.45, 2.75) is 51.4 Å². The van der Waals surface area contributed by atoms with Crippen LogP contribution in [0.5, 0.6) is 0 Å². The van der Waals surface area contributed by atoms with Crippen LogP contribution in [0.25, 0.3) is 0 Å². The average molecular weight is 202 g/mol. The van der Waals surface area contributed by atoms with Crippen molar-refractivity contribution in [1.29, 1.82) is 0 Å². The highest BCUT2D eigenvalue weighted by atomic mass is 14.3. The van der Waals surface area contributed by atoms with Gasteiger partial charge in [0, 0.05) is 0 Å². The monoisotopic (exact) mass is 202 g/mol. The summed E-state index contributed by atoms with van der Waals surface area (Å²) in [6.07, 6.45) is 8.50. The highest BCUT2D eigenvalue weighted by Crippen LogP contribution is 2.39. The molecule has 1 fully saturated rings. The second kappa shape index (κ2) is 5.34. The fraction of sp³-hybridized carbons (Fsp3) is 0.600. The molecule has 1 aromatic carbocycles. The van der Waals surface area contributed by atoms with Gasteiger partial charge in [-0.1, -0.05) is 62.9 Å². The number of hydrogen-bond acceptors (Lipinski definition) is 0. The molecule has 0 radical (unpaired) electrons. The molecule has 2 atom stereocenters. The molecule has 0 nitrogen and oxygen atoms in total. The van der Waals surface area contributed by atoms with E-state index in [1.807, 2.05) is 0 Å². The molecule has 0 heteroatoms. The van der Waals surface area contributed by atoms with Crippen LogP contribution >= 0.6 is 0 Å². The molecule has 0 aromatic heterocycles. The fourth-order valence-electron chi connectivity index (χ4n) is 3.06. The van der Waals surface area contributed by atoms with Gasteiger partial charge in [0.15, 0.2) is 0 Å². The standard InChI is InChI=1S/C15H22/c1-2-8-13-11-6-7-12-15(13)14-9-4-3-5-10-14/h3-5,9-10,13,15H,2,6-8,11-12H2,1H3. The van der Waals surface area contributed by atoms with Crippen molar-refractivity contribution in [1.82, 2.24) is 0 Å². The van der Waals surface area contributed by atoms with Crippen molar-refractivity contribution in [2.75, 3.05) is 0 Å². The highest BCUT2D eigenvalue weighted by Gasteiger charge is 2.25. The molecule has 0 heterocycles. The Labute approximate surface area is 93.7 Å². The van der Waals surface area contributed by atoms with Crippen molar-refractivity contribution in [3.63, 3.8) is 0 Å². The lowest BCUT2D eigenvalue weighted by Gasteiger charge is -2.31. The summed E-state index contributed by atoms with van der Waals surface area (Å²) in [5.74, 6) is 1.80. The van der Waals surface area contributed by atoms with E-state index in [0.29, 0.717) is 0 Å². The predicted molar refractivity (Wildman–Crippen MR) is 66.0 cm³/mol. The quantitative estimate of drug-likeness (QED) is 0.663. The van der Waals surface area contributed by atoms with Gasteiger partial charge in [-0.05, 0) is 30.2 Å². The predicted octanol–water partition coefficient (Wildman–Crippen LogP) is 4.76. The fourth-order valence-corrected chi connectivity index (χ4v) is 3.06. The molecular formula is C15H22. The van der Waals surface area contributed by atoms with E-state index in [1.54, 1.807) is 5.56 Å². The number of benzene rings is 1. The van der Waals surface area contributed by atoms with Crippen molar-refractivity contribution < 1.29 is 0 Å². The average Bonchev–Trinajstić information content (AvgIpc) is 2.31. The Kier molecular flexibility index (Phi) is 3.82. The van der Waals surface area contributed by atoms with Crippen molar-refractivity contribution in [3.8, 4) is 0 Å². The topological polar surface area (TPSA) is 0 Å². The Bertz CT molecular complexity index is 273. The van der Waals surface area contributed by atoms with Gasteiger partial charge in [-0.3, -0.25) is 0 Å². The molecular weight excluding hydrogens is 180 g/mol. The zero-order valence-corrected chi connectivity index (χ0v) is 9.78. The zero-order valence-electron chi connectivity index (χ0n) is 9.78. The Hall–Kier alpha value is -0.780. The molecule has 15 heavy (non-hydrogen) atoms. The third-order valence-electron chi connectivity index (χ3n) is 3.80. The van der Waals surface area contributed by atoms with E-state index in [9.17, 15) is 0 Å². The van der Waals surface area contributed by atoms with E-state index >= 15 is 0 Å². The molecule has 0 spiro atoms. The molecule has 2 rings (SSSR count). The normalized spacial score (nSPS) is 26.5. The Morgan fingerprint density at radius 1 is 1.07 bits per heavy atom. The summed E-state index contributed by atoms with van der Waals surface area (Å²) in [5.41, 5.74) is 1.58. The van der Waals surface area contributed by atoms with Gasteiger partial charge in [-0.25, -0.2) is 0 Å². The molecule has 0 bridgehead atoms. The lowest BCUT2D eigenvalue weighted by Crippen LogP contribution is -2.17. The van der Waals surface area contributed by atoms with E-state index in [4.69, 9.17) is 0 Å². The maximum Gasteiger partial charge on any atom is -0.0134 e. The number of hydrogen-bond donors (Lipinski definition) is 0. The van der Waals surface area contributed by atoms with E-state index in [0.717, 1.165) is 11.8 Å². The first-order valence-corrected chi connectivity index (χ1v) is 6.46. The SMILES string of the molecule is CCCC1CCCCC1c1ccccc1. The first-order valence-electron chi connectivity index (χ1n) is 6.46. The maximum absolute atomic E-state index is 2.32. The van der Waals surface area contributed by atoms with Gasteiger partial charge in [0.05, 0.1) is 0 Å². The van der Waals surface area contributed by atoms with Crippen LogP contribution in [-0.2, 0) is 0 Å². The van der Waals surface area contributed by atoms with E-state index in [-0.39, 0.29) is 0 Å². The summed E-state index contributed by atoms with van der Waals surface area (Å²) in [7, 11) is 0. The van der Waals surface area contributed by atoms with Crippen LogP contribution < -0.4 is 0 Å². The molecule has 0 aliphatic heterocycles. The van der Waals surface area contributed by atoms with Crippen LogP contribution in [0.2, 0.25) is 0 Å². The molecule has 0 saturated heterocycles. The van der Waals surface area contributed by atoms with Crippen molar-refractivity contribution in [3.05, 3.63) is 35.9 Å². The summed E-state index contributed by atoms with van der Waals surface area (Å²) >= 11 is 0. The highest BCUT2D eigenvalue weighted by molar-refractivity contribution is 5.20. The molecule has 1 aliphatic carbocycles. The van der Waals surface area contributed by atoms with Gasteiger partial charge in [-0.2, -0.15) is 0 Å². The van der Waals surface area contributed by atoms with Gasteiger partial charge < -0.3 is 0 Å². The number of rotatable bonds is 3. The van der Waals surface area contributed by atoms with Crippen molar-refractivity contribution >= 4 is 0 Å². The molecule has 1 aliphatic rings. The van der Waals surface area contributed by atoms with Crippen LogP contribution in [0, 0.1) is 5.92 Å². The van der Waals surface area contributed by atoms with Gasteiger partial charge in [0.2, 0.25) is 0 Å². The minimum absolute atomic E-state index is 0.847.